The third kappa shape index (κ3) is 6.50. The first-order valence-electron chi connectivity index (χ1n) is 9.01. The quantitative estimate of drug-likeness (QED) is 0.486. The summed E-state index contributed by atoms with van der Waals surface area (Å²) >= 11 is 0. The van der Waals surface area contributed by atoms with Crippen molar-refractivity contribution in [3.8, 4) is 22.7 Å². The van der Waals surface area contributed by atoms with Gasteiger partial charge in [0.15, 0.2) is 0 Å². The van der Waals surface area contributed by atoms with Crippen molar-refractivity contribution >= 4 is 13.3 Å². The van der Waals surface area contributed by atoms with Crippen LogP contribution in [0.25, 0.3) is 11.1 Å². The lowest BCUT2D eigenvalue weighted by molar-refractivity contribution is -0.138. The van der Waals surface area contributed by atoms with Gasteiger partial charge in [-0.05, 0) is 42.3 Å². The topological polar surface area (TPSA) is 108 Å². The first-order chi connectivity index (χ1) is 13.5. The van der Waals surface area contributed by atoms with Crippen LogP contribution in [0.5, 0.6) is 0 Å². The maximum absolute atomic E-state index is 13.3. The van der Waals surface area contributed by atoms with Crippen LogP contribution >= 0.6 is 7.37 Å². The molecule has 2 atom stereocenters. The first-order valence-corrected chi connectivity index (χ1v) is 10.9. The van der Waals surface area contributed by atoms with E-state index in [0.29, 0.717) is 22.4 Å². The van der Waals surface area contributed by atoms with E-state index in [1.807, 2.05) is 20.8 Å². The minimum atomic E-state index is -4.11. The number of aliphatic hydroxyl groups excluding tert-OH is 1. The summed E-state index contributed by atoms with van der Waals surface area (Å²) in [6, 6.07) is 7.58. The monoisotopic (exact) mass is 419 g/mol. The second kappa shape index (κ2) is 9.32. The van der Waals surface area contributed by atoms with Crippen molar-refractivity contribution in [1.82, 2.24) is 4.98 Å². The molecule has 0 aliphatic heterocycles. The van der Waals surface area contributed by atoms with E-state index in [1.54, 1.807) is 18.2 Å². The Kier molecular flexibility index (Phi) is 7.32. The number of nitrogens with zero attached hydrogens (tertiary/aromatic N) is 1. The van der Waals surface area contributed by atoms with E-state index in [2.05, 4.69) is 16.6 Å². The van der Waals surface area contributed by atoms with Gasteiger partial charge in [-0.1, -0.05) is 31.9 Å². The van der Waals surface area contributed by atoms with Crippen LogP contribution in [0.2, 0.25) is 0 Å². The molecule has 6 nitrogen and oxygen atoms in total. The number of aliphatic hydroxyl groups is 1. The summed E-state index contributed by atoms with van der Waals surface area (Å²) in [7, 11) is -4.11. The second-order valence-corrected chi connectivity index (χ2v) is 9.10. The van der Waals surface area contributed by atoms with Gasteiger partial charge in [-0.2, -0.15) is 0 Å². The van der Waals surface area contributed by atoms with E-state index in [9.17, 15) is 23.7 Å². The number of pyridine rings is 1. The van der Waals surface area contributed by atoms with Gasteiger partial charge in [-0.25, -0.2) is 4.39 Å². The SMILES string of the molecule is Cc1cc(-c2ccc(F)cc2)c(C#CP(=O)(O)C[C@H](O)CC(=O)O)c(C(C)C)n1. The first kappa shape index (κ1) is 22.8. The normalized spacial score (nSPS) is 14.0. The number of rotatable bonds is 6. The van der Waals surface area contributed by atoms with E-state index >= 15 is 0 Å². The molecule has 0 spiro atoms. The minimum Gasteiger partial charge on any atom is -0.481 e. The molecule has 3 N–H and O–H groups in total. The Morgan fingerprint density at radius 1 is 1.28 bits per heavy atom. The molecule has 0 aliphatic rings. The minimum absolute atomic E-state index is 0.0333. The fourth-order valence-corrected chi connectivity index (χ4v) is 3.92. The Bertz CT molecular complexity index is 1010. The molecule has 29 heavy (non-hydrogen) atoms. The number of hydrogen-bond donors (Lipinski definition) is 3. The zero-order valence-corrected chi connectivity index (χ0v) is 17.3. The molecule has 1 unspecified atom stereocenters. The van der Waals surface area contributed by atoms with Crippen LogP contribution in [0, 0.1) is 24.3 Å². The predicted molar refractivity (Wildman–Crippen MR) is 108 cm³/mol. The van der Waals surface area contributed by atoms with E-state index < -0.39 is 32.0 Å². The van der Waals surface area contributed by atoms with Gasteiger partial charge in [-0.15, -0.1) is 0 Å². The van der Waals surface area contributed by atoms with Gasteiger partial charge in [0.2, 0.25) is 0 Å². The highest BCUT2D eigenvalue weighted by molar-refractivity contribution is 7.63. The lowest BCUT2D eigenvalue weighted by Gasteiger charge is -2.15. The van der Waals surface area contributed by atoms with E-state index in [1.165, 1.54) is 12.1 Å². The lowest BCUT2D eigenvalue weighted by atomic mass is 9.94. The van der Waals surface area contributed by atoms with Gasteiger partial charge < -0.3 is 15.1 Å². The number of carboxylic acid groups (broad SMARTS) is 1. The van der Waals surface area contributed by atoms with Gasteiger partial charge in [0, 0.05) is 11.3 Å². The fraction of sp³-hybridized carbons (Fsp3) is 0.333. The summed E-state index contributed by atoms with van der Waals surface area (Å²) in [5.41, 5.74) is 5.44. The van der Waals surface area contributed by atoms with Crippen molar-refractivity contribution in [2.75, 3.05) is 6.16 Å². The molecule has 0 fully saturated rings. The summed E-state index contributed by atoms with van der Waals surface area (Å²) in [6.07, 6.45) is -2.76. The highest BCUT2D eigenvalue weighted by Gasteiger charge is 2.23. The Hall–Kier alpha value is -2.52. The molecule has 2 rings (SSSR count). The summed E-state index contributed by atoms with van der Waals surface area (Å²) in [5, 5.41) is 18.4. The standard InChI is InChI=1S/C21H23FNO5P/c1-13(2)21-18(8-9-29(27,28)12-17(24)11-20(25)26)19(10-14(3)23-21)15-4-6-16(22)7-5-15/h4-7,10,13,17,24H,11-12H2,1-3H3,(H,25,26)(H,27,28)/t17-/m1/s1. The molecule has 8 heteroatoms. The summed E-state index contributed by atoms with van der Waals surface area (Å²) < 4.78 is 25.7. The number of carbonyl (C=O) groups is 1. The van der Waals surface area contributed by atoms with E-state index in [0.717, 1.165) is 5.69 Å². The molecule has 0 radical (unpaired) electrons. The molecule has 1 aromatic carbocycles. The van der Waals surface area contributed by atoms with Crippen LogP contribution in [0.15, 0.2) is 30.3 Å². The second-order valence-electron chi connectivity index (χ2n) is 7.11. The number of benzene rings is 1. The number of halogens is 1. The highest BCUT2D eigenvalue weighted by Crippen LogP contribution is 2.40. The van der Waals surface area contributed by atoms with Crippen molar-refractivity contribution in [3.63, 3.8) is 0 Å². The molecule has 0 amide bonds. The van der Waals surface area contributed by atoms with E-state index in [4.69, 9.17) is 5.11 Å². The zero-order chi connectivity index (χ0) is 21.8. The van der Waals surface area contributed by atoms with E-state index in [-0.39, 0.29) is 11.7 Å². The summed E-state index contributed by atoms with van der Waals surface area (Å²) in [4.78, 5) is 25.3. The molecular weight excluding hydrogens is 396 g/mol. The van der Waals surface area contributed by atoms with Crippen LogP contribution in [0.1, 0.15) is 43.1 Å². The average molecular weight is 419 g/mol. The Morgan fingerprint density at radius 2 is 1.90 bits per heavy atom. The Labute approximate surface area is 168 Å². The van der Waals surface area contributed by atoms with Crippen LogP contribution < -0.4 is 0 Å². The maximum atomic E-state index is 13.3. The third-order valence-electron chi connectivity index (χ3n) is 4.10. The Balaban J connectivity index is 2.54. The molecule has 154 valence electrons. The maximum Gasteiger partial charge on any atom is 0.305 e. The van der Waals surface area contributed by atoms with Gasteiger partial charge >= 0.3 is 5.97 Å². The zero-order valence-electron chi connectivity index (χ0n) is 16.4. The van der Waals surface area contributed by atoms with Crippen molar-refractivity contribution in [1.29, 1.82) is 0 Å². The van der Waals surface area contributed by atoms with Gasteiger partial charge in [-0.3, -0.25) is 14.3 Å². The lowest BCUT2D eigenvalue weighted by Crippen LogP contribution is -2.17. The fourth-order valence-electron chi connectivity index (χ4n) is 2.84. The highest BCUT2D eigenvalue weighted by atomic mass is 31.2. The number of carboxylic acids is 1. The Morgan fingerprint density at radius 3 is 2.45 bits per heavy atom. The van der Waals surface area contributed by atoms with Crippen LogP contribution in [0.4, 0.5) is 4.39 Å². The molecule has 2 aromatic rings. The molecule has 1 aromatic heterocycles. The molecule has 0 bridgehead atoms. The number of aryl methyl sites for hydroxylation is 1. The van der Waals surface area contributed by atoms with Crippen molar-refractivity contribution < 1.29 is 28.9 Å². The smallest absolute Gasteiger partial charge is 0.305 e. The molecule has 0 saturated carbocycles. The van der Waals surface area contributed by atoms with Crippen molar-refractivity contribution in [2.45, 2.75) is 39.2 Å². The van der Waals surface area contributed by atoms with Gasteiger partial charge in [0.05, 0.1) is 29.9 Å². The predicted octanol–water partition coefficient (Wildman–Crippen LogP) is 3.73. The number of aromatic nitrogens is 1. The van der Waals surface area contributed by atoms with Crippen molar-refractivity contribution in [3.05, 3.63) is 53.1 Å². The van der Waals surface area contributed by atoms with Crippen LogP contribution in [-0.4, -0.2) is 38.3 Å². The molecule has 0 aliphatic carbocycles. The molecular formula is C21H23FNO5P. The van der Waals surface area contributed by atoms with Crippen LogP contribution in [-0.2, 0) is 9.36 Å². The summed E-state index contributed by atoms with van der Waals surface area (Å²) in [5.74, 6) is 1.04. The third-order valence-corrected chi connectivity index (χ3v) is 5.48. The molecule has 1 heterocycles. The number of hydrogen-bond acceptors (Lipinski definition) is 4. The van der Waals surface area contributed by atoms with Crippen LogP contribution in [0.3, 0.4) is 0 Å². The largest absolute Gasteiger partial charge is 0.481 e. The molecule has 0 saturated heterocycles. The van der Waals surface area contributed by atoms with Gasteiger partial charge in [0.1, 0.15) is 5.82 Å². The van der Waals surface area contributed by atoms with Crippen molar-refractivity contribution in [2.24, 2.45) is 0 Å². The van der Waals surface area contributed by atoms with Gasteiger partial charge in [0.25, 0.3) is 7.37 Å². The average Bonchev–Trinajstić information content (AvgIpc) is 2.59. The number of aliphatic carboxylic acids is 1. The summed E-state index contributed by atoms with van der Waals surface area (Å²) in [6.45, 7) is 5.64.